The van der Waals surface area contributed by atoms with E-state index in [-0.39, 0.29) is 6.54 Å². The molecule has 2 fully saturated rings. The number of rotatable bonds is 22. The zero-order chi connectivity index (χ0) is 48.3. The molecule has 0 radical (unpaired) electrons. The van der Waals surface area contributed by atoms with Gasteiger partial charge in [0.1, 0.15) is 79.8 Å². The number of hydrogen-bond donors (Lipinski definition) is 0. The van der Waals surface area contributed by atoms with Gasteiger partial charge in [0.2, 0.25) is 11.8 Å². The van der Waals surface area contributed by atoms with Gasteiger partial charge in [-0.3, -0.25) is 48.1 Å². The molecule has 2 bridgehead atoms. The molecule has 0 aromatic rings. The molecule has 0 aromatic heterocycles. The number of alkyl halides is 4. The van der Waals surface area contributed by atoms with Crippen molar-refractivity contribution < 1.29 is 81.0 Å². The summed E-state index contributed by atoms with van der Waals surface area (Å²) in [6.45, 7) is 10.9. The Bertz CT molecular complexity index is 1680. The van der Waals surface area contributed by atoms with Crippen LogP contribution in [-0.2, 0) is 81.0 Å². The van der Waals surface area contributed by atoms with Crippen molar-refractivity contribution in [2.75, 3.05) is 52.8 Å². The lowest BCUT2D eigenvalue weighted by molar-refractivity contribution is -0.183. The van der Waals surface area contributed by atoms with Crippen LogP contribution in [-0.4, -0.2) is 141 Å². The molecule has 22 heteroatoms. The Morgan fingerprint density at radius 1 is 0.460 bits per heavy atom. The zero-order valence-electron chi connectivity index (χ0n) is 37.0. The van der Waals surface area contributed by atoms with E-state index in [0.29, 0.717) is 0 Å². The quantitative estimate of drug-likeness (QED) is 0.0480. The van der Waals surface area contributed by atoms with Crippen LogP contribution in [0.15, 0.2) is 12.2 Å². The van der Waals surface area contributed by atoms with Crippen molar-refractivity contribution in [1.29, 1.82) is 0 Å². The SMILES string of the molecule is CC(C)(Br)C(=O)OCC(C)(COC(=O)C(C)(C)Br)C(=O)OCC(C)(COC(=O)C(C)(COC(=O)C(C)(C)Br)COC(=O)C(C)(C)Br)C(=O)OCCN1C(=O)C2C3C=CC(O3)C2C1=O. The van der Waals surface area contributed by atoms with E-state index in [1.165, 1.54) is 76.2 Å². The lowest BCUT2D eigenvalue weighted by Crippen LogP contribution is -2.48. The van der Waals surface area contributed by atoms with Gasteiger partial charge in [0, 0.05) is 0 Å². The third-order valence-corrected chi connectivity index (χ3v) is 11.4. The number of likely N-dealkylation sites (tertiary alicyclic amines) is 1. The first-order chi connectivity index (χ1) is 28.6. The van der Waals surface area contributed by atoms with Crippen LogP contribution < -0.4 is 0 Å². The summed E-state index contributed by atoms with van der Waals surface area (Å²) in [6, 6.07) is 0. The Kier molecular flexibility index (Phi) is 17.5. The number of fused-ring (bicyclic) bond motifs is 5. The average molecular weight is 1150 g/mol. The molecule has 0 aliphatic carbocycles. The van der Waals surface area contributed by atoms with E-state index in [0.717, 1.165) is 4.90 Å². The molecule has 0 spiro atoms. The van der Waals surface area contributed by atoms with E-state index in [4.69, 9.17) is 37.9 Å². The highest BCUT2D eigenvalue weighted by molar-refractivity contribution is 9.10. The van der Waals surface area contributed by atoms with Gasteiger partial charge >= 0.3 is 41.8 Å². The summed E-state index contributed by atoms with van der Waals surface area (Å²) in [5, 5.41) is 0. The van der Waals surface area contributed by atoms with Crippen LogP contribution in [0.4, 0.5) is 0 Å². The molecule has 18 nitrogen and oxygen atoms in total. The van der Waals surface area contributed by atoms with Gasteiger partial charge < -0.3 is 37.9 Å². The summed E-state index contributed by atoms with van der Waals surface area (Å²) >= 11 is 12.8. The maximum atomic E-state index is 14.0. The molecule has 354 valence electrons. The molecule has 0 N–H and O–H groups in total. The van der Waals surface area contributed by atoms with Crippen molar-refractivity contribution in [2.24, 2.45) is 28.1 Å². The number of carbonyl (C=O) groups excluding carboxylic acids is 9. The first kappa shape index (κ1) is 54.4. The fourth-order valence-corrected chi connectivity index (χ4v) is 6.31. The Morgan fingerprint density at radius 3 is 0.952 bits per heavy atom. The predicted molar refractivity (Wildman–Crippen MR) is 235 cm³/mol. The number of imide groups is 1. The van der Waals surface area contributed by atoms with Crippen LogP contribution in [0.3, 0.4) is 0 Å². The molecule has 3 heterocycles. The van der Waals surface area contributed by atoms with Crippen LogP contribution in [0.1, 0.15) is 76.2 Å². The van der Waals surface area contributed by atoms with Crippen molar-refractivity contribution in [3.8, 4) is 0 Å². The minimum Gasteiger partial charge on any atom is -0.464 e. The maximum Gasteiger partial charge on any atom is 0.322 e. The minimum absolute atomic E-state index is 0.323. The van der Waals surface area contributed by atoms with Crippen molar-refractivity contribution in [2.45, 2.75) is 106 Å². The largest absolute Gasteiger partial charge is 0.464 e. The monoisotopic (exact) mass is 1150 g/mol. The fraction of sp³-hybridized carbons (Fsp3) is 0.732. The van der Waals surface area contributed by atoms with E-state index in [9.17, 15) is 43.2 Å². The molecule has 63 heavy (non-hydrogen) atoms. The van der Waals surface area contributed by atoms with Gasteiger partial charge in [-0.1, -0.05) is 75.9 Å². The first-order valence-electron chi connectivity index (χ1n) is 19.7. The van der Waals surface area contributed by atoms with Crippen LogP contribution in [0.2, 0.25) is 0 Å². The van der Waals surface area contributed by atoms with Crippen molar-refractivity contribution in [3.63, 3.8) is 0 Å². The Labute approximate surface area is 399 Å². The Balaban J connectivity index is 1.90. The predicted octanol–water partition coefficient (Wildman–Crippen LogP) is 4.44. The topological polar surface area (TPSA) is 231 Å². The molecular weight excluding hydrogens is 1100 g/mol. The lowest BCUT2D eigenvalue weighted by Gasteiger charge is -2.33. The van der Waals surface area contributed by atoms with Gasteiger partial charge in [-0.15, -0.1) is 0 Å². The van der Waals surface area contributed by atoms with Gasteiger partial charge in [-0.05, 0) is 76.2 Å². The molecule has 3 rings (SSSR count). The standard InChI is InChI=1S/C41H55Br4NO17/c1-35(2,42)28(49)57-16-40(10,17-58-29(50)36(3,4)43)33(54)61-20-39(9,32(53)56-15-14-46-26(47)24-22-12-13-23(63-22)25(24)27(46)48)21-62-34(55)41(11,18-59-30(51)37(5,6)44)19-60-31(52)38(7,8)45/h12-13,22-25H,14-21H2,1-11H3. The van der Waals surface area contributed by atoms with Gasteiger partial charge in [0.25, 0.3) is 0 Å². The van der Waals surface area contributed by atoms with Crippen LogP contribution in [0.25, 0.3) is 0 Å². The van der Waals surface area contributed by atoms with Crippen molar-refractivity contribution in [3.05, 3.63) is 12.2 Å². The zero-order valence-corrected chi connectivity index (χ0v) is 43.4. The molecule has 4 atom stereocenters. The molecule has 0 saturated carbocycles. The number of amides is 2. The maximum absolute atomic E-state index is 14.0. The number of nitrogens with zero attached hydrogens (tertiary/aromatic N) is 1. The summed E-state index contributed by atoms with van der Waals surface area (Å²) < 4.78 is 39.4. The summed E-state index contributed by atoms with van der Waals surface area (Å²) in [5.41, 5.74) is -5.74. The summed E-state index contributed by atoms with van der Waals surface area (Å²) in [5.74, 6) is -8.71. The minimum atomic E-state index is -2.04. The summed E-state index contributed by atoms with van der Waals surface area (Å²) in [6.07, 6.45) is 2.37. The van der Waals surface area contributed by atoms with E-state index >= 15 is 0 Å². The Morgan fingerprint density at radius 2 is 0.698 bits per heavy atom. The highest BCUT2D eigenvalue weighted by Crippen LogP contribution is 2.45. The molecule has 4 unspecified atom stereocenters. The van der Waals surface area contributed by atoms with E-state index in [2.05, 4.69) is 63.7 Å². The van der Waals surface area contributed by atoms with Crippen molar-refractivity contribution >= 4 is 117 Å². The smallest absolute Gasteiger partial charge is 0.322 e. The number of halogens is 4. The second-order valence-electron chi connectivity index (χ2n) is 18.5. The van der Waals surface area contributed by atoms with Gasteiger partial charge in [-0.2, -0.15) is 0 Å². The lowest BCUT2D eigenvalue weighted by atomic mass is 9.85. The molecule has 3 aliphatic heterocycles. The molecule has 2 saturated heterocycles. The van der Waals surface area contributed by atoms with Crippen LogP contribution >= 0.6 is 63.7 Å². The number of hydrogen-bond acceptors (Lipinski definition) is 17. The third kappa shape index (κ3) is 13.8. The van der Waals surface area contributed by atoms with Gasteiger partial charge in [0.15, 0.2) is 0 Å². The summed E-state index contributed by atoms with van der Waals surface area (Å²) in [4.78, 5) is 120. The highest BCUT2D eigenvalue weighted by atomic mass is 79.9. The number of carbonyl (C=O) groups is 9. The van der Waals surface area contributed by atoms with Gasteiger partial charge in [-0.25, -0.2) is 0 Å². The Hall–Kier alpha value is -2.95. The second kappa shape index (κ2) is 20.3. The van der Waals surface area contributed by atoms with Crippen molar-refractivity contribution in [1.82, 2.24) is 4.90 Å². The normalized spacial score (nSPS) is 20.2. The second-order valence-corrected chi connectivity index (χ2v) is 26.4. The van der Waals surface area contributed by atoms with E-state index in [1.807, 2.05) is 0 Å². The average Bonchev–Trinajstić information content (AvgIpc) is 3.86. The van der Waals surface area contributed by atoms with Crippen LogP contribution in [0, 0.1) is 28.1 Å². The number of esters is 7. The van der Waals surface area contributed by atoms with Crippen LogP contribution in [0.5, 0.6) is 0 Å². The highest BCUT2D eigenvalue weighted by Gasteiger charge is 2.60. The van der Waals surface area contributed by atoms with Gasteiger partial charge in [0.05, 0.1) is 30.6 Å². The summed E-state index contributed by atoms with van der Waals surface area (Å²) in [7, 11) is 0. The number of ether oxygens (including phenoxy) is 8. The third-order valence-electron chi connectivity index (χ3n) is 10.1. The molecule has 3 aliphatic rings. The molecule has 2 amide bonds. The molecular formula is C41H55Br4NO17. The first-order valence-corrected chi connectivity index (χ1v) is 22.9. The van der Waals surface area contributed by atoms with E-state index in [1.54, 1.807) is 12.2 Å². The fourth-order valence-electron chi connectivity index (χ4n) is 5.85. The molecule has 0 aromatic carbocycles. The van der Waals surface area contributed by atoms with E-state index < -0.39 is 157 Å².